The first-order chi connectivity index (χ1) is 16.9. The van der Waals surface area contributed by atoms with Crippen LogP contribution in [0.15, 0.2) is 54.9 Å². The molecule has 1 heterocycles. The molecule has 2 rings (SSSR count). The lowest BCUT2D eigenvalue weighted by atomic mass is 10.0. The molecule has 0 unspecified atom stereocenters. The Bertz CT molecular complexity index is 909. The van der Waals surface area contributed by atoms with Crippen LogP contribution < -0.4 is 10.6 Å². The zero-order chi connectivity index (χ0) is 25.5. The topological polar surface area (TPSA) is 97.4 Å². The molecule has 0 saturated heterocycles. The van der Waals surface area contributed by atoms with E-state index in [0.717, 1.165) is 24.0 Å². The Balaban J connectivity index is 1.93. The Morgan fingerprint density at radius 3 is 2.34 bits per heavy atom. The molecule has 190 valence electrons. The number of nitrogens with zero attached hydrogens (tertiary/aromatic N) is 1. The number of ketones is 1. The quantitative estimate of drug-likeness (QED) is 0.362. The Morgan fingerprint density at radius 1 is 0.971 bits per heavy atom. The molecule has 0 radical (unpaired) electrons. The largest absolute Gasteiger partial charge is 0.445 e. The first-order valence-electron chi connectivity index (χ1n) is 12.2. The summed E-state index contributed by atoms with van der Waals surface area (Å²) in [7, 11) is 0. The van der Waals surface area contributed by atoms with Crippen molar-refractivity contribution in [2.24, 2.45) is 5.92 Å². The van der Waals surface area contributed by atoms with Crippen LogP contribution in [-0.2, 0) is 26.7 Å². The number of pyridine rings is 1. The van der Waals surface area contributed by atoms with Gasteiger partial charge in [0.2, 0.25) is 5.91 Å². The molecule has 2 amide bonds. The molecule has 8 heteroatoms. The second-order valence-corrected chi connectivity index (χ2v) is 9.89. The Kier molecular flexibility index (Phi) is 12.9. The first kappa shape index (κ1) is 28.4. The number of carbonyl (C=O) groups excluding carboxylic acids is 3. The molecule has 1 aromatic heterocycles. The number of unbranched alkanes of at least 4 members (excludes halogenated alkanes) is 1. The number of carbonyl (C=O) groups is 3. The number of amides is 2. The number of thioether (sulfide) groups is 1. The van der Waals surface area contributed by atoms with Gasteiger partial charge in [0, 0.05) is 18.1 Å². The van der Waals surface area contributed by atoms with Crippen LogP contribution in [0.1, 0.15) is 57.6 Å². The number of hydrogen-bond donors (Lipinski definition) is 2. The third kappa shape index (κ3) is 11.4. The molecule has 0 bridgehead atoms. The van der Waals surface area contributed by atoms with Gasteiger partial charge >= 0.3 is 6.09 Å². The van der Waals surface area contributed by atoms with Crippen LogP contribution in [0.4, 0.5) is 4.79 Å². The predicted octanol–water partition coefficient (Wildman–Crippen LogP) is 4.90. The molecule has 1 aromatic carbocycles. The van der Waals surface area contributed by atoms with Crippen molar-refractivity contribution in [3.63, 3.8) is 0 Å². The van der Waals surface area contributed by atoms with Crippen molar-refractivity contribution in [1.82, 2.24) is 15.6 Å². The van der Waals surface area contributed by atoms with Crippen LogP contribution in [0.2, 0.25) is 0 Å². The van der Waals surface area contributed by atoms with Crippen molar-refractivity contribution in [2.75, 3.05) is 5.75 Å². The molecular weight excluding hydrogens is 462 g/mol. The van der Waals surface area contributed by atoms with Crippen LogP contribution >= 0.6 is 11.8 Å². The van der Waals surface area contributed by atoms with E-state index in [2.05, 4.69) is 15.6 Å². The second-order valence-electron chi connectivity index (χ2n) is 8.91. The lowest BCUT2D eigenvalue weighted by Gasteiger charge is -2.24. The van der Waals surface area contributed by atoms with Gasteiger partial charge in [-0.2, -0.15) is 0 Å². The van der Waals surface area contributed by atoms with Crippen LogP contribution in [0.25, 0.3) is 0 Å². The average Bonchev–Trinajstić information content (AvgIpc) is 2.85. The molecule has 0 fully saturated rings. The number of benzene rings is 1. The van der Waals surface area contributed by atoms with Crippen molar-refractivity contribution in [1.29, 1.82) is 0 Å². The maximum absolute atomic E-state index is 13.1. The summed E-state index contributed by atoms with van der Waals surface area (Å²) < 4.78 is 5.30. The van der Waals surface area contributed by atoms with Gasteiger partial charge < -0.3 is 15.4 Å². The lowest BCUT2D eigenvalue weighted by molar-refractivity contribution is -0.128. The summed E-state index contributed by atoms with van der Waals surface area (Å²) in [5, 5.41) is 5.59. The van der Waals surface area contributed by atoms with Gasteiger partial charge in [-0.3, -0.25) is 14.6 Å². The molecule has 7 nitrogen and oxygen atoms in total. The highest BCUT2D eigenvalue weighted by Crippen LogP contribution is 2.14. The van der Waals surface area contributed by atoms with Crippen molar-refractivity contribution in [3.8, 4) is 0 Å². The normalized spacial score (nSPS) is 12.6. The van der Waals surface area contributed by atoms with Crippen LogP contribution in [0, 0.1) is 5.92 Å². The Labute approximate surface area is 212 Å². The van der Waals surface area contributed by atoms with Gasteiger partial charge in [0.25, 0.3) is 0 Å². The summed E-state index contributed by atoms with van der Waals surface area (Å²) in [6, 6.07) is 11.8. The summed E-state index contributed by atoms with van der Waals surface area (Å²) in [6.07, 6.45) is 5.57. The highest BCUT2D eigenvalue weighted by atomic mass is 32.2. The molecule has 0 aliphatic heterocycles. The summed E-state index contributed by atoms with van der Waals surface area (Å²) in [5.74, 6) is 0.803. The van der Waals surface area contributed by atoms with Crippen LogP contribution in [0.3, 0.4) is 0 Å². The summed E-state index contributed by atoms with van der Waals surface area (Å²) in [5.41, 5.74) is 1.96. The molecular formula is C27H37N3O4S. The highest BCUT2D eigenvalue weighted by Gasteiger charge is 2.27. The monoisotopic (exact) mass is 499 g/mol. The predicted molar refractivity (Wildman–Crippen MR) is 140 cm³/mol. The smallest absolute Gasteiger partial charge is 0.408 e. The molecule has 2 atom stereocenters. The number of alkyl carbamates (subject to hydrolysis) is 1. The third-order valence-corrected chi connectivity index (χ3v) is 6.37. The fourth-order valence-corrected chi connectivity index (χ4v) is 4.39. The van der Waals surface area contributed by atoms with Crippen molar-refractivity contribution in [3.05, 3.63) is 66.0 Å². The standard InChI is InChI=1S/C27H37N3O4S/c1-4-5-11-23(25(31)19-35-18-22-12-14-28-15-13-22)29-26(32)24(16-20(2)3)30-27(33)34-17-21-9-7-6-8-10-21/h6-10,12-15,20,23-24H,4-5,11,16-19H2,1-3H3,(H,29,32)(H,30,33)/t23-,24-/m0/s1. The SMILES string of the molecule is CCCC[C@H](NC(=O)[C@H](CC(C)C)NC(=O)OCc1ccccc1)C(=O)CSCc1ccncc1. The zero-order valence-corrected chi connectivity index (χ0v) is 21.7. The number of nitrogens with one attached hydrogen (secondary N) is 2. The van der Waals surface area contributed by atoms with Crippen molar-refractivity contribution in [2.45, 2.75) is 70.9 Å². The Morgan fingerprint density at radius 2 is 1.69 bits per heavy atom. The molecule has 0 aliphatic carbocycles. The minimum atomic E-state index is -0.778. The van der Waals surface area contributed by atoms with E-state index >= 15 is 0 Å². The van der Waals surface area contributed by atoms with E-state index in [9.17, 15) is 14.4 Å². The van der Waals surface area contributed by atoms with Gasteiger partial charge in [0.05, 0.1) is 11.8 Å². The maximum atomic E-state index is 13.1. The maximum Gasteiger partial charge on any atom is 0.408 e. The van der Waals surface area contributed by atoms with Gasteiger partial charge in [0.15, 0.2) is 5.78 Å². The van der Waals surface area contributed by atoms with Gasteiger partial charge in [-0.15, -0.1) is 11.8 Å². The average molecular weight is 500 g/mol. The van der Waals surface area contributed by atoms with Gasteiger partial charge in [0.1, 0.15) is 12.6 Å². The minimum absolute atomic E-state index is 0.0131. The minimum Gasteiger partial charge on any atom is -0.445 e. The van der Waals surface area contributed by atoms with Crippen LogP contribution in [-0.4, -0.2) is 40.6 Å². The third-order valence-electron chi connectivity index (χ3n) is 5.34. The van der Waals surface area contributed by atoms with Crippen LogP contribution in [0.5, 0.6) is 0 Å². The van der Waals surface area contributed by atoms with E-state index in [0.29, 0.717) is 24.3 Å². The second kappa shape index (κ2) is 15.9. The fraction of sp³-hybridized carbons (Fsp3) is 0.481. The van der Waals surface area contributed by atoms with Crippen molar-refractivity contribution >= 4 is 29.5 Å². The molecule has 0 saturated carbocycles. The van der Waals surface area contributed by atoms with E-state index in [4.69, 9.17) is 4.74 Å². The summed E-state index contributed by atoms with van der Waals surface area (Å²) in [6.45, 7) is 6.13. The van der Waals surface area contributed by atoms with E-state index in [1.54, 1.807) is 12.4 Å². The van der Waals surface area contributed by atoms with Gasteiger partial charge in [-0.05, 0) is 42.0 Å². The molecule has 2 N–H and O–H groups in total. The van der Waals surface area contributed by atoms with E-state index in [1.807, 2.05) is 63.2 Å². The summed E-state index contributed by atoms with van der Waals surface area (Å²) >= 11 is 1.52. The molecule has 35 heavy (non-hydrogen) atoms. The van der Waals surface area contributed by atoms with E-state index < -0.39 is 18.2 Å². The van der Waals surface area contributed by atoms with E-state index in [1.165, 1.54) is 11.8 Å². The molecule has 0 spiro atoms. The molecule has 0 aliphatic rings. The molecule has 2 aromatic rings. The van der Waals surface area contributed by atoms with Gasteiger partial charge in [-0.1, -0.05) is 63.9 Å². The number of ether oxygens (including phenoxy) is 1. The summed E-state index contributed by atoms with van der Waals surface area (Å²) in [4.78, 5) is 42.5. The number of Topliss-reactive ketones (excluding diaryl/α,β-unsaturated/α-hetero) is 1. The van der Waals surface area contributed by atoms with Gasteiger partial charge in [-0.25, -0.2) is 4.79 Å². The Hall–Kier alpha value is -2.87. The van der Waals surface area contributed by atoms with Crippen molar-refractivity contribution < 1.29 is 19.1 Å². The number of rotatable bonds is 15. The zero-order valence-electron chi connectivity index (χ0n) is 20.9. The number of hydrogen-bond acceptors (Lipinski definition) is 6. The van der Waals surface area contributed by atoms with E-state index in [-0.39, 0.29) is 24.2 Å². The lowest BCUT2D eigenvalue weighted by Crippen LogP contribution is -2.52. The fourth-order valence-electron chi connectivity index (χ4n) is 3.45. The highest BCUT2D eigenvalue weighted by molar-refractivity contribution is 7.99. The number of aromatic nitrogens is 1. The first-order valence-corrected chi connectivity index (χ1v) is 13.3.